The minimum absolute atomic E-state index is 0.129. The highest BCUT2D eigenvalue weighted by Gasteiger charge is 2.28. The monoisotopic (exact) mass is 239 g/mol. The molecular formula is C10H13N3O2S. The van der Waals surface area contributed by atoms with Gasteiger partial charge < -0.3 is 10.1 Å². The Kier molecular flexibility index (Phi) is 2.67. The summed E-state index contributed by atoms with van der Waals surface area (Å²) in [5.41, 5.74) is 0.493. The van der Waals surface area contributed by atoms with Gasteiger partial charge in [0.15, 0.2) is 5.13 Å². The van der Waals surface area contributed by atoms with E-state index in [2.05, 4.69) is 15.3 Å². The van der Waals surface area contributed by atoms with Gasteiger partial charge in [0.1, 0.15) is 12.3 Å². The SMILES string of the molecule is CC(=O)Nc1nc(C2=NC(C)(C)CO2)cs1. The molecule has 1 aliphatic rings. The molecule has 16 heavy (non-hydrogen) atoms. The Bertz CT molecular complexity index is 451. The lowest BCUT2D eigenvalue weighted by Crippen LogP contribution is -2.17. The van der Waals surface area contributed by atoms with Crippen LogP contribution in [0.5, 0.6) is 0 Å². The van der Waals surface area contributed by atoms with Gasteiger partial charge in [0.25, 0.3) is 0 Å². The van der Waals surface area contributed by atoms with Crippen LogP contribution in [0.4, 0.5) is 5.13 Å². The maximum Gasteiger partial charge on any atom is 0.237 e. The molecule has 0 bridgehead atoms. The van der Waals surface area contributed by atoms with Crippen molar-refractivity contribution in [2.24, 2.45) is 4.99 Å². The molecule has 1 amide bonds. The van der Waals surface area contributed by atoms with Crippen molar-refractivity contribution in [2.75, 3.05) is 11.9 Å². The number of rotatable bonds is 2. The van der Waals surface area contributed by atoms with E-state index in [1.54, 1.807) is 0 Å². The van der Waals surface area contributed by atoms with Crippen LogP contribution in [0.2, 0.25) is 0 Å². The first-order chi connectivity index (χ1) is 7.46. The van der Waals surface area contributed by atoms with E-state index >= 15 is 0 Å². The molecule has 5 nitrogen and oxygen atoms in total. The van der Waals surface area contributed by atoms with Crippen LogP contribution in [0, 0.1) is 0 Å². The largest absolute Gasteiger partial charge is 0.474 e. The van der Waals surface area contributed by atoms with E-state index in [-0.39, 0.29) is 11.4 Å². The molecule has 1 N–H and O–H groups in total. The maximum atomic E-state index is 10.8. The second-order valence-corrected chi connectivity index (χ2v) is 5.10. The average molecular weight is 239 g/mol. The van der Waals surface area contributed by atoms with Crippen LogP contribution in [0.15, 0.2) is 10.4 Å². The van der Waals surface area contributed by atoms with E-state index in [0.29, 0.717) is 23.3 Å². The summed E-state index contributed by atoms with van der Waals surface area (Å²) < 4.78 is 5.45. The molecule has 0 saturated carbocycles. The van der Waals surface area contributed by atoms with Crippen LogP contribution in [0.25, 0.3) is 0 Å². The van der Waals surface area contributed by atoms with Gasteiger partial charge in [-0.25, -0.2) is 9.98 Å². The summed E-state index contributed by atoms with van der Waals surface area (Å²) in [5.74, 6) is 0.424. The fourth-order valence-electron chi connectivity index (χ4n) is 1.30. The Morgan fingerprint density at radius 3 is 2.94 bits per heavy atom. The van der Waals surface area contributed by atoms with Gasteiger partial charge in [-0.1, -0.05) is 0 Å². The second kappa shape index (κ2) is 3.86. The summed E-state index contributed by atoms with van der Waals surface area (Å²) in [6.45, 7) is 6.02. The Balaban J connectivity index is 2.17. The van der Waals surface area contributed by atoms with Gasteiger partial charge in [-0.2, -0.15) is 0 Å². The predicted octanol–water partition coefficient (Wildman–Crippen LogP) is 1.66. The summed E-state index contributed by atoms with van der Waals surface area (Å²) in [5, 5.41) is 5.02. The normalized spacial score (nSPS) is 17.8. The highest BCUT2D eigenvalue weighted by atomic mass is 32.1. The number of amides is 1. The minimum atomic E-state index is -0.187. The highest BCUT2D eigenvalue weighted by Crippen LogP contribution is 2.23. The molecule has 0 spiro atoms. The van der Waals surface area contributed by atoms with Gasteiger partial charge in [0.2, 0.25) is 11.8 Å². The smallest absolute Gasteiger partial charge is 0.237 e. The lowest BCUT2D eigenvalue weighted by Gasteiger charge is -2.07. The van der Waals surface area contributed by atoms with Gasteiger partial charge in [-0.05, 0) is 13.8 Å². The van der Waals surface area contributed by atoms with E-state index in [0.717, 1.165) is 0 Å². The molecule has 2 rings (SSSR count). The molecule has 0 unspecified atom stereocenters. The number of nitrogens with zero attached hydrogens (tertiary/aromatic N) is 2. The standard InChI is InChI=1S/C10H13N3O2S/c1-6(14)11-9-12-7(4-16-9)8-13-10(2,3)5-15-8/h4H,5H2,1-3H3,(H,11,12,14). The van der Waals surface area contributed by atoms with E-state index < -0.39 is 0 Å². The van der Waals surface area contributed by atoms with Crippen molar-refractivity contribution in [3.05, 3.63) is 11.1 Å². The van der Waals surface area contributed by atoms with Crippen molar-refractivity contribution in [3.8, 4) is 0 Å². The van der Waals surface area contributed by atoms with Gasteiger partial charge in [-0.15, -0.1) is 11.3 Å². The molecule has 1 aromatic rings. The number of aromatic nitrogens is 1. The lowest BCUT2D eigenvalue weighted by atomic mass is 10.1. The number of ether oxygens (including phenoxy) is 1. The van der Waals surface area contributed by atoms with Crippen molar-refractivity contribution in [3.63, 3.8) is 0 Å². The molecule has 6 heteroatoms. The molecular weight excluding hydrogens is 226 g/mol. The minimum Gasteiger partial charge on any atom is -0.474 e. The number of hydrogen-bond donors (Lipinski definition) is 1. The third-order valence-corrected chi connectivity index (χ3v) is 2.73. The van der Waals surface area contributed by atoms with Gasteiger partial charge in [0.05, 0.1) is 5.54 Å². The van der Waals surface area contributed by atoms with Gasteiger partial charge >= 0.3 is 0 Å². The van der Waals surface area contributed by atoms with Crippen LogP contribution in [-0.2, 0) is 9.53 Å². The van der Waals surface area contributed by atoms with E-state index in [1.807, 2.05) is 19.2 Å². The molecule has 0 radical (unpaired) electrons. The highest BCUT2D eigenvalue weighted by molar-refractivity contribution is 7.14. The van der Waals surface area contributed by atoms with E-state index in [1.165, 1.54) is 18.3 Å². The first-order valence-corrected chi connectivity index (χ1v) is 5.80. The van der Waals surface area contributed by atoms with Crippen molar-refractivity contribution < 1.29 is 9.53 Å². The maximum absolute atomic E-state index is 10.8. The molecule has 0 atom stereocenters. The Hall–Kier alpha value is -1.43. The van der Waals surface area contributed by atoms with Crippen LogP contribution in [0.3, 0.4) is 0 Å². The van der Waals surface area contributed by atoms with E-state index in [4.69, 9.17) is 4.74 Å². The Labute approximate surface area is 97.6 Å². The number of hydrogen-bond acceptors (Lipinski definition) is 5. The summed E-state index contributed by atoms with van der Waals surface area (Å²) in [7, 11) is 0. The fraction of sp³-hybridized carbons (Fsp3) is 0.500. The second-order valence-electron chi connectivity index (χ2n) is 4.24. The molecule has 0 saturated heterocycles. The van der Waals surface area contributed by atoms with Gasteiger partial charge in [-0.3, -0.25) is 4.79 Å². The lowest BCUT2D eigenvalue weighted by molar-refractivity contribution is -0.114. The van der Waals surface area contributed by atoms with Crippen molar-refractivity contribution in [1.29, 1.82) is 0 Å². The molecule has 0 aromatic carbocycles. The summed E-state index contributed by atoms with van der Waals surface area (Å²) in [6.07, 6.45) is 0. The number of nitrogens with one attached hydrogen (secondary N) is 1. The number of carbonyl (C=O) groups excluding carboxylic acids is 1. The molecule has 1 aliphatic heterocycles. The number of thiazole rings is 1. The first-order valence-electron chi connectivity index (χ1n) is 4.92. The zero-order chi connectivity index (χ0) is 11.8. The number of carbonyl (C=O) groups is 1. The van der Waals surface area contributed by atoms with Crippen LogP contribution in [0.1, 0.15) is 26.5 Å². The van der Waals surface area contributed by atoms with Crippen molar-refractivity contribution in [1.82, 2.24) is 4.98 Å². The van der Waals surface area contributed by atoms with Gasteiger partial charge in [0, 0.05) is 12.3 Å². The Morgan fingerprint density at radius 1 is 1.62 bits per heavy atom. The van der Waals surface area contributed by atoms with E-state index in [9.17, 15) is 4.79 Å². The summed E-state index contributed by atoms with van der Waals surface area (Å²) in [4.78, 5) is 19.5. The zero-order valence-electron chi connectivity index (χ0n) is 9.40. The number of anilines is 1. The Morgan fingerprint density at radius 2 is 2.38 bits per heavy atom. The predicted molar refractivity (Wildman–Crippen MR) is 63.0 cm³/mol. The van der Waals surface area contributed by atoms with Crippen LogP contribution in [-0.4, -0.2) is 28.9 Å². The van der Waals surface area contributed by atoms with Crippen LogP contribution < -0.4 is 5.32 Å². The summed E-state index contributed by atoms with van der Waals surface area (Å²) in [6, 6.07) is 0. The van der Waals surface area contributed by atoms with Crippen molar-refractivity contribution >= 4 is 28.3 Å². The zero-order valence-corrected chi connectivity index (χ0v) is 10.2. The molecule has 1 aromatic heterocycles. The average Bonchev–Trinajstić information content (AvgIpc) is 2.71. The fourth-order valence-corrected chi connectivity index (χ4v) is 2.03. The summed E-state index contributed by atoms with van der Waals surface area (Å²) >= 11 is 1.36. The third-order valence-electron chi connectivity index (χ3n) is 1.97. The topological polar surface area (TPSA) is 63.6 Å². The third kappa shape index (κ3) is 2.38. The van der Waals surface area contributed by atoms with Crippen molar-refractivity contribution in [2.45, 2.75) is 26.3 Å². The quantitative estimate of drug-likeness (QED) is 0.853. The molecule has 0 fully saturated rings. The van der Waals surface area contributed by atoms with Crippen LogP contribution >= 0.6 is 11.3 Å². The molecule has 0 aliphatic carbocycles. The molecule has 86 valence electrons. The number of aliphatic imine (C=N–C) groups is 1. The molecule has 2 heterocycles. The first kappa shape index (κ1) is 11.1.